The first kappa shape index (κ1) is 18.6. The van der Waals surface area contributed by atoms with Crippen LogP contribution in [0.15, 0.2) is 42.5 Å². The number of amides is 1. The zero-order valence-electron chi connectivity index (χ0n) is 16.0. The Hall–Kier alpha value is -2.80. The molecule has 0 radical (unpaired) electrons. The van der Waals surface area contributed by atoms with E-state index in [0.717, 1.165) is 51.9 Å². The number of ether oxygens (including phenoxy) is 2. The molecule has 4 rings (SSSR count). The molecule has 1 atom stereocenters. The maximum atomic E-state index is 12.8. The maximum Gasteiger partial charge on any atom is 0.229 e. The Bertz CT molecular complexity index is 988. The normalized spacial score (nSPS) is 16.8. The summed E-state index contributed by atoms with van der Waals surface area (Å²) in [6.07, 6.45) is 1.85. The van der Waals surface area contributed by atoms with Crippen LogP contribution in [-0.2, 0) is 4.79 Å². The summed E-state index contributed by atoms with van der Waals surface area (Å²) < 4.78 is 11.6. The van der Waals surface area contributed by atoms with Crippen molar-refractivity contribution in [3.63, 3.8) is 0 Å². The van der Waals surface area contributed by atoms with Crippen molar-refractivity contribution in [2.45, 2.75) is 12.8 Å². The number of hydrogen-bond donors (Lipinski definition) is 1. The van der Waals surface area contributed by atoms with Crippen LogP contribution in [0.5, 0.6) is 11.5 Å². The van der Waals surface area contributed by atoms with Gasteiger partial charge in [-0.3, -0.25) is 4.79 Å². The highest BCUT2D eigenvalue weighted by Gasteiger charge is 2.27. The number of benzene rings is 2. The summed E-state index contributed by atoms with van der Waals surface area (Å²) in [6, 6.07) is 13.4. The van der Waals surface area contributed by atoms with Crippen LogP contribution in [0.4, 0.5) is 10.8 Å². The van der Waals surface area contributed by atoms with E-state index < -0.39 is 0 Å². The van der Waals surface area contributed by atoms with Gasteiger partial charge in [0, 0.05) is 24.8 Å². The predicted octanol–water partition coefficient (Wildman–Crippen LogP) is 4.17. The summed E-state index contributed by atoms with van der Waals surface area (Å²) in [4.78, 5) is 19.8. The lowest BCUT2D eigenvalue weighted by Gasteiger charge is -2.31. The molecule has 2 heterocycles. The third kappa shape index (κ3) is 3.89. The van der Waals surface area contributed by atoms with Gasteiger partial charge in [-0.25, -0.2) is 4.98 Å². The first-order valence-electron chi connectivity index (χ1n) is 9.30. The largest absolute Gasteiger partial charge is 0.497 e. The lowest BCUT2D eigenvalue weighted by Crippen LogP contribution is -2.40. The van der Waals surface area contributed by atoms with Crippen molar-refractivity contribution < 1.29 is 14.3 Å². The number of thiazole rings is 1. The summed E-state index contributed by atoms with van der Waals surface area (Å²) >= 11 is 1.64. The van der Waals surface area contributed by atoms with E-state index in [9.17, 15) is 4.79 Å². The highest BCUT2D eigenvalue weighted by molar-refractivity contribution is 7.22. The molecular formula is C21H23N3O3S. The average Bonchev–Trinajstić information content (AvgIpc) is 3.17. The number of hydrogen-bond acceptors (Lipinski definition) is 6. The topological polar surface area (TPSA) is 63.7 Å². The van der Waals surface area contributed by atoms with E-state index in [-0.39, 0.29) is 11.8 Å². The van der Waals surface area contributed by atoms with Gasteiger partial charge in [-0.05, 0) is 43.2 Å². The highest BCUT2D eigenvalue weighted by Crippen LogP contribution is 2.33. The van der Waals surface area contributed by atoms with Crippen molar-refractivity contribution in [1.29, 1.82) is 0 Å². The monoisotopic (exact) mass is 397 g/mol. The number of anilines is 2. The summed E-state index contributed by atoms with van der Waals surface area (Å²) in [5, 5.41) is 3.98. The molecule has 7 heteroatoms. The number of aromatic nitrogens is 1. The lowest BCUT2D eigenvalue weighted by molar-refractivity contribution is -0.120. The van der Waals surface area contributed by atoms with Gasteiger partial charge in [0.1, 0.15) is 11.5 Å². The van der Waals surface area contributed by atoms with Crippen LogP contribution >= 0.6 is 11.3 Å². The van der Waals surface area contributed by atoms with E-state index in [2.05, 4.69) is 10.2 Å². The first-order chi connectivity index (χ1) is 13.7. The van der Waals surface area contributed by atoms with Gasteiger partial charge in [-0.2, -0.15) is 0 Å². The molecule has 6 nitrogen and oxygen atoms in total. The van der Waals surface area contributed by atoms with Crippen LogP contribution in [0.25, 0.3) is 10.2 Å². The standard InChI is InChI=1S/C21H23N3O3S/c1-26-16-7-3-6-15(11-16)22-20(25)14-5-4-10-24(13-14)21-23-18-9-8-17(27-2)12-19(18)28-21/h3,6-9,11-12,14H,4-5,10,13H2,1-2H3,(H,22,25). The molecule has 0 bridgehead atoms. The van der Waals surface area contributed by atoms with Crippen LogP contribution < -0.4 is 19.7 Å². The number of methoxy groups -OCH3 is 2. The lowest BCUT2D eigenvalue weighted by atomic mass is 9.97. The third-order valence-corrected chi connectivity index (χ3v) is 6.06. The Morgan fingerprint density at radius 1 is 1.18 bits per heavy atom. The van der Waals surface area contributed by atoms with Crippen molar-refractivity contribution >= 4 is 38.3 Å². The summed E-state index contributed by atoms with van der Waals surface area (Å²) in [5.41, 5.74) is 1.72. The van der Waals surface area contributed by atoms with Crippen LogP contribution in [0.3, 0.4) is 0 Å². The molecule has 1 N–H and O–H groups in total. The van der Waals surface area contributed by atoms with Gasteiger partial charge in [0.2, 0.25) is 5.91 Å². The van der Waals surface area contributed by atoms with Gasteiger partial charge >= 0.3 is 0 Å². The Morgan fingerprint density at radius 3 is 2.82 bits per heavy atom. The highest BCUT2D eigenvalue weighted by atomic mass is 32.1. The summed E-state index contributed by atoms with van der Waals surface area (Å²) in [5.74, 6) is 1.53. The molecule has 146 valence electrons. The van der Waals surface area contributed by atoms with E-state index in [1.165, 1.54) is 0 Å². The number of nitrogens with zero attached hydrogens (tertiary/aromatic N) is 2. The van der Waals surface area contributed by atoms with E-state index >= 15 is 0 Å². The number of piperidine rings is 1. The zero-order chi connectivity index (χ0) is 19.5. The van der Waals surface area contributed by atoms with E-state index in [0.29, 0.717) is 6.54 Å². The van der Waals surface area contributed by atoms with Gasteiger partial charge in [0.25, 0.3) is 0 Å². The van der Waals surface area contributed by atoms with Crippen molar-refractivity contribution in [2.75, 3.05) is 37.5 Å². The molecule has 0 spiro atoms. The van der Waals surface area contributed by atoms with Crippen molar-refractivity contribution in [3.8, 4) is 11.5 Å². The van der Waals surface area contributed by atoms with Crippen LogP contribution in [0, 0.1) is 5.92 Å². The summed E-state index contributed by atoms with van der Waals surface area (Å²) in [6.45, 7) is 1.59. The van der Waals surface area contributed by atoms with Crippen LogP contribution in [-0.4, -0.2) is 38.2 Å². The molecule has 1 unspecified atom stereocenters. The Kier molecular flexibility index (Phi) is 5.34. The van der Waals surface area contributed by atoms with Crippen molar-refractivity contribution in [2.24, 2.45) is 5.92 Å². The fourth-order valence-corrected chi connectivity index (χ4v) is 4.49. The van der Waals surface area contributed by atoms with E-state index in [4.69, 9.17) is 14.5 Å². The summed E-state index contributed by atoms with van der Waals surface area (Å²) in [7, 11) is 3.28. The SMILES string of the molecule is COc1cccc(NC(=O)C2CCCN(c3nc4ccc(OC)cc4s3)C2)c1. The zero-order valence-corrected chi connectivity index (χ0v) is 16.8. The van der Waals surface area contributed by atoms with E-state index in [1.807, 2.05) is 42.5 Å². The molecule has 1 aliphatic heterocycles. The second kappa shape index (κ2) is 8.06. The Labute approximate surface area is 168 Å². The average molecular weight is 398 g/mol. The van der Waals surface area contributed by atoms with Gasteiger partial charge in [-0.15, -0.1) is 0 Å². The van der Waals surface area contributed by atoms with Gasteiger partial charge < -0.3 is 19.7 Å². The van der Waals surface area contributed by atoms with Gasteiger partial charge in [0.05, 0.1) is 30.4 Å². The maximum absolute atomic E-state index is 12.8. The minimum Gasteiger partial charge on any atom is -0.497 e. The second-order valence-electron chi connectivity index (χ2n) is 6.84. The molecule has 1 fully saturated rings. The molecule has 0 saturated carbocycles. The number of nitrogens with one attached hydrogen (secondary N) is 1. The fraction of sp³-hybridized carbons (Fsp3) is 0.333. The number of fused-ring (bicyclic) bond motifs is 1. The Morgan fingerprint density at radius 2 is 2.00 bits per heavy atom. The van der Waals surface area contributed by atoms with E-state index in [1.54, 1.807) is 25.6 Å². The molecular weight excluding hydrogens is 374 g/mol. The van der Waals surface area contributed by atoms with Crippen LogP contribution in [0.1, 0.15) is 12.8 Å². The second-order valence-corrected chi connectivity index (χ2v) is 7.85. The van der Waals surface area contributed by atoms with Crippen molar-refractivity contribution in [1.82, 2.24) is 4.98 Å². The van der Waals surface area contributed by atoms with Crippen molar-refractivity contribution in [3.05, 3.63) is 42.5 Å². The minimum atomic E-state index is -0.0681. The smallest absolute Gasteiger partial charge is 0.229 e. The van der Waals surface area contributed by atoms with Gasteiger partial charge in [0.15, 0.2) is 5.13 Å². The quantitative estimate of drug-likeness (QED) is 0.700. The van der Waals surface area contributed by atoms with Gasteiger partial charge in [-0.1, -0.05) is 17.4 Å². The number of rotatable bonds is 5. The number of carbonyl (C=O) groups is 1. The molecule has 1 saturated heterocycles. The molecule has 28 heavy (non-hydrogen) atoms. The molecule has 1 aromatic heterocycles. The predicted molar refractivity (Wildman–Crippen MR) is 113 cm³/mol. The number of carbonyl (C=O) groups excluding carboxylic acids is 1. The minimum absolute atomic E-state index is 0.0423. The third-order valence-electron chi connectivity index (χ3n) is 4.98. The molecule has 0 aliphatic carbocycles. The molecule has 1 aliphatic rings. The Balaban J connectivity index is 1.47. The van der Waals surface area contributed by atoms with Crippen LogP contribution in [0.2, 0.25) is 0 Å². The first-order valence-corrected chi connectivity index (χ1v) is 10.1. The molecule has 3 aromatic rings. The molecule has 2 aromatic carbocycles. The fourth-order valence-electron chi connectivity index (χ4n) is 3.47. The molecule has 1 amide bonds.